The second-order valence-electron chi connectivity index (χ2n) is 4.26. The van der Waals surface area contributed by atoms with E-state index in [1.807, 2.05) is 0 Å². The molecule has 0 aliphatic heterocycles. The number of hydrogen-bond donors (Lipinski definition) is 2. The van der Waals surface area contributed by atoms with Gasteiger partial charge >= 0.3 is 0 Å². The second-order valence-corrected chi connectivity index (χ2v) is 4.70. The fourth-order valence-corrected chi connectivity index (χ4v) is 1.58. The van der Waals surface area contributed by atoms with Crippen molar-refractivity contribution in [1.82, 2.24) is 0 Å². The molecule has 0 saturated carbocycles. The normalized spacial score (nSPS) is 13.7. The first kappa shape index (κ1) is 15.4. The molecule has 3 N–H and O–H groups in total. The van der Waals surface area contributed by atoms with Gasteiger partial charge in [0.1, 0.15) is 0 Å². The molecule has 0 saturated heterocycles. The van der Waals surface area contributed by atoms with Gasteiger partial charge in [-0.1, -0.05) is 19.1 Å². The SMILES string of the molecule is CCC(C)(C(=O)Nc1cc(F)c(F)c(F)c1)C(N)=S. The Bertz CT molecular complexity index is 513. The number of hydrogen-bond acceptors (Lipinski definition) is 2. The molecule has 0 bridgehead atoms. The van der Waals surface area contributed by atoms with Gasteiger partial charge in [-0.05, 0) is 13.3 Å². The topological polar surface area (TPSA) is 55.1 Å². The predicted molar refractivity (Wildman–Crippen MR) is 70.1 cm³/mol. The fourth-order valence-electron chi connectivity index (χ4n) is 1.34. The quantitative estimate of drug-likeness (QED) is 0.662. The van der Waals surface area contributed by atoms with Crippen molar-refractivity contribution >= 4 is 28.8 Å². The van der Waals surface area contributed by atoms with E-state index >= 15 is 0 Å². The van der Waals surface area contributed by atoms with Crippen molar-refractivity contribution < 1.29 is 18.0 Å². The minimum Gasteiger partial charge on any atom is -0.392 e. The average molecular weight is 290 g/mol. The molecule has 0 radical (unpaired) electrons. The first-order chi connectivity index (χ1) is 8.72. The van der Waals surface area contributed by atoms with Gasteiger partial charge in [0.25, 0.3) is 0 Å². The van der Waals surface area contributed by atoms with Crippen LogP contribution in [-0.4, -0.2) is 10.9 Å². The summed E-state index contributed by atoms with van der Waals surface area (Å²) in [5.41, 5.74) is 4.14. The zero-order valence-corrected chi connectivity index (χ0v) is 11.2. The van der Waals surface area contributed by atoms with Crippen LogP contribution in [0.1, 0.15) is 20.3 Å². The lowest BCUT2D eigenvalue weighted by atomic mass is 9.86. The number of carbonyl (C=O) groups is 1. The molecule has 0 aliphatic carbocycles. The van der Waals surface area contributed by atoms with Crippen LogP contribution < -0.4 is 11.1 Å². The van der Waals surface area contributed by atoms with E-state index in [4.69, 9.17) is 18.0 Å². The van der Waals surface area contributed by atoms with Gasteiger partial charge in [-0.2, -0.15) is 0 Å². The number of anilines is 1. The number of nitrogens with one attached hydrogen (secondary N) is 1. The van der Waals surface area contributed by atoms with Crippen molar-refractivity contribution in [2.75, 3.05) is 5.32 Å². The number of amides is 1. The summed E-state index contributed by atoms with van der Waals surface area (Å²) in [4.78, 5) is 12.0. The van der Waals surface area contributed by atoms with Crippen LogP contribution in [-0.2, 0) is 4.79 Å². The largest absolute Gasteiger partial charge is 0.392 e. The first-order valence-corrected chi connectivity index (χ1v) is 5.89. The molecule has 19 heavy (non-hydrogen) atoms. The molecule has 1 atom stereocenters. The highest BCUT2D eigenvalue weighted by atomic mass is 32.1. The van der Waals surface area contributed by atoms with E-state index in [-0.39, 0.29) is 10.7 Å². The third-order valence-electron chi connectivity index (χ3n) is 2.99. The minimum atomic E-state index is -1.59. The molecule has 0 aliphatic rings. The molecule has 3 nitrogen and oxygen atoms in total. The molecule has 0 fully saturated rings. The molecule has 1 unspecified atom stereocenters. The summed E-state index contributed by atoms with van der Waals surface area (Å²) >= 11 is 4.80. The summed E-state index contributed by atoms with van der Waals surface area (Å²) in [6, 6.07) is 1.37. The molecule has 1 rings (SSSR count). The number of benzene rings is 1. The first-order valence-electron chi connectivity index (χ1n) is 5.48. The van der Waals surface area contributed by atoms with Crippen molar-refractivity contribution in [2.45, 2.75) is 20.3 Å². The van der Waals surface area contributed by atoms with Gasteiger partial charge in [0.15, 0.2) is 17.5 Å². The summed E-state index contributed by atoms with van der Waals surface area (Å²) in [6.07, 6.45) is 0.320. The predicted octanol–water partition coefficient (Wildman–Crippen LogP) is 2.74. The Labute approximate surface area is 114 Å². The minimum absolute atomic E-state index is 0.0319. The molecule has 7 heteroatoms. The molecule has 1 aromatic carbocycles. The molecule has 1 amide bonds. The van der Waals surface area contributed by atoms with E-state index in [9.17, 15) is 18.0 Å². The molecule has 1 aromatic rings. The molecule has 0 spiro atoms. The Kier molecular flexibility index (Phi) is 4.52. The van der Waals surface area contributed by atoms with Crippen LogP contribution in [0.4, 0.5) is 18.9 Å². The highest BCUT2D eigenvalue weighted by Gasteiger charge is 2.34. The fraction of sp³-hybridized carbons (Fsp3) is 0.333. The van der Waals surface area contributed by atoms with E-state index in [0.717, 1.165) is 0 Å². The van der Waals surface area contributed by atoms with Crippen molar-refractivity contribution in [1.29, 1.82) is 0 Å². The van der Waals surface area contributed by atoms with Crippen LogP contribution >= 0.6 is 12.2 Å². The van der Waals surface area contributed by atoms with Crippen molar-refractivity contribution in [3.8, 4) is 0 Å². The molecule has 0 heterocycles. The summed E-state index contributed by atoms with van der Waals surface area (Å²) in [6.45, 7) is 3.21. The molecular formula is C12H13F3N2OS. The van der Waals surface area contributed by atoms with Crippen LogP contribution in [0.25, 0.3) is 0 Å². The van der Waals surface area contributed by atoms with E-state index in [1.54, 1.807) is 6.92 Å². The summed E-state index contributed by atoms with van der Waals surface area (Å²) < 4.78 is 38.8. The number of nitrogens with two attached hydrogens (primary N) is 1. The van der Waals surface area contributed by atoms with Crippen LogP contribution in [0.15, 0.2) is 12.1 Å². The van der Waals surface area contributed by atoms with Crippen LogP contribution in [0.3, 0.4) is 0 Å². The molecular weight excluding hydrogens is 277 g/mol. The monoisotopic (exact) mass is 290 g/mol. The maximum atomic E-state index is 13.0. The average Bonchev–Trinajstić information content (AvgIpc) is 2.34. The van der Waals surface area contributed by atoms with E-state index in [1.165, 1.54) is 6.92 Å². The Morgan fingerprint density at radius 1 is 1.37 bits per heavy atom. The van der Waals surface area contributed by atoms with Gasteiger partial charge in [-0.15, -0.1) is 0 Å². The lowest BCUT2D eigenvalue weighted by Crippen LogP contribution is -2.43. The van der Waals surface area contributed by atoms with Crippen LogP contribution in [0.5, 0.6) is 0 Å². The Morgan fingerprint density at radius 3 is 2.21 bits per heavy atom. The van der Waals surface area contributed by atoms with Gasteiger partial charge in [0, 0.05) is 17.8 Å². The maximum Gasteiger partial charge on any atom is 0.237 e. The van der Waals surface area contributed by atoms with Gasteiger partial charge in [0.05, 0.1) is 10.4 Å². The summed E-state index contributed by atoms with van der Waals surface area (Å²) in [5.74, 6) is -4.97. The van der Waals surface area contributed by atoms with Crippen LogP contribution in [0, 0.1) is 22.9 Å². The third-order valence-corrected chi connectivity index (χ3v) is 3.44. The van der Waals surface area contributed by atoms with Gasteiger partial charge < -0.3 is 11.1 Å². The van der Waals surface area contributed by atoms with Crippen molar-refractivity contribution in [3.63, 3.8) is 0 Å². The van der Waals surface area contributed by atoms with E-state index < -0.39 is 28.8 Å². The zero-order chi connectivity index (χ0) is 14.8. The summed E-state index contributed by atoms with van der Waals surface area (Å²) in [5, 5.41) is 2.27. The van der Waals surface area contributed by atoms with E-state index in [2.05, 4.69) is 5.32 Å². The van der Waals surface area contributed by atoms with Crippen molar-refractivity contribution in [3.05, 3.63) is 29.6 Å². The van der Waals surface area contributed by atoms with Crippen LogP contribution in [0.2, 0.25) is 0 Å². The third kappa shape index (κ3) is 3.04. The second kappa shape index (κ2) is 5.56. The number of thiocarbonyl (C=S) groups is 1. The lowest BCUT2D eigenvalue weighted by molar-refractivity contribution is -0.121. The van der Waals surface area contributed by atoms with E-state index in [0.29, 0.717) is 18.6 Å². The van der Waals surface area contributed by atoms with Gasteiger partial charge in [0.2, 0.25) is 5.91 Å². The molecule has 104 valence electrons. The maximum absolute atomic E-state index is 13.0. The Hall–Kier alpha value is -1.63. The Morgan fingerprint density at radius 2 is 1.84 bits per heavy atom. The highest BCUT2D eigenvalue weighted by Crippen LogP contribution is 2.25. The van der Waals surface area contributed by atoms with Gasteiger partial charge in [-0.25, -0.2) is 13.2 Å². The Balaban J connectivity index is 3.03. The number of carbonyl (C=O) groups excluding carboxylic acids is 1. The number of halogens is 3. The van der Waals surface area contributed by atoms with Gasteiger partial charge in [-0.3, -0.25) is 4.79 Å². The number of rotatable bonds is 4. The molecule has 0 aromatic heterocycles. The smallest absolute Gasteiger partial charge is 0.237 e. The standard InChI is InChI=1S/C12H13F3N2OS/c1-3-12(2,10(16)19)11(18)17-6-4-7(13)9(15)8(14)5-6/h4-5H,3H2,1-2H3,(H2,16,19)(H,17,18). The zero-order valence-electron chi connectivity index (χ0n) is 10.4. The van der Waals surface area contributed by atoms with Crippen molar-refractivity contribution in [2.24, 2.45) is 11.1 Å². The summed E-state index contributed by atoms with van der Waals surface area (Å²) in [7, 11) is 0. The lowest BCUT2D eigenvalue weighted by Gasteiger charge is -2.25. The highest BCUT2D eigenvalue weighted by molar-refractivity contribution is 7.80.